The topological polar surface area (TPSA) is 26.3 Å². The van der Waals surface area contributed by atoms with Gasteiger partial charge in [0.15, 0.2) is 5.78 Å². The lowest BCUT2D eigenvalue weighted by Crippen LogP contribution is -2.04. The van der Waals surface area contributed by atoms with Crippen molar-refractivity contribution in [1.29, 1.82) is 0 Å². The van der Waals surface area contributed by atoms with Gasteiger partial charge in [-0.15, -0.1) is 0 Å². The number of Topliss-reactive ketones (excluding diaryl/α,β-unsaturated/α-hetero) is 1. The molecule has 2 aromatic carbocycles. The van der Waals surface area contributed by atoms with Gasteiger partial charge in [-0.1, -0.05) is 50.2 Å². The molecule has 0 atom stereocenters. The van der Waals surface area contributed by atoms with Gasteiger partial charge in [0, 0.05) is 12.0 Å². The second kappa shape index (κ2) is 7.07. The number of hydrogen-bond acceptors (Lipinski definition) is 2. The molecule has 0 aliphatic carbocycles. The molecule has 0 aliphatic heterocycles. The van der Waals surface area contributed by atoms with E-state index in [0.29, 0.717) is 12.3 Å². The summed E-state index contributed by atoms with van der Waals surface area (Å²) in [7, 11) is 1.64. The third-order valence-corrected chi connectivity index (χ3v) is 3.44. The molecule has 0 radical (unpaired) electrons. The van der Waals surface area contributed by atoms with Crippen LogP contribution in [0.25, 0.3) is 0 Å². The summed E-state index contributed by atoms with van der Waals surface area (Å²) in [6.45, 7) is 4.39. The molecule has 0 heterocycles. The van der Waals surface area contributed by atoms with Crippen LogP contribution >= 0.6 is 0 Å². The lowest BCUT2D eigenvalue weighted by atomic mass is 9.98. The lowest BCUT2D eigenvalue weighted by molar-refractivity contribution is 0.0993. The highest BCUT2D eigenvalue weighted by Gasteiger charge is 2.07. The Kier molecular flexibility index (Phi) is 5.15. The molecule has 21 heavy (non-hydrogen) atoms. The quantitative estimate of drug-likeness (QED) is 0.738. The van der Waals surface area contributed by atoms with E-state index in [2.05, 4.69) is 26.0 Å². The predicted octanol–water partition coefficient (Wildman–Crippen LogP) is 4.32. The number of rotatable bonds is 6. The van der Waals surface area contributed by atoms with Crippen molar-refractivity contribution in [3.63, 3.8) is 0 Å². The average Bonchev–Trinajstić information content (AvgIpc) is 2.48. The number of ketones is 1. The molecule has 2 heteroatoms. The predicted molar refractivity (Wildman–Crippen MR) is 86.0 cm³/mol. The Morgan fingerprint density at radius 1 is 0.952 bits per heavy atom. The smallest absolute Gasteiger partial charge is 0.167 e. The summed E-state index contributed by atoms with van der Waals surface area (Å²) in [5, 5.41) is 0. The third-order valence-electron chi connectivity index (χ3n) is 3.44. The molecule has 0 amide bonds. The monoisotopic (exact) mass is 282 g/mol. The molecular weight excluding hydrogens is 260 g/mol. The minimum atomic E-state index is 0.149. The first kappa shape index (κ1) is 15.3. The van der Waals surface area contributed by atoms with Crippen molar-refractivity contribution >= 4 is 5.78 Å². The molecule has 0 bridgehead atoms. The summed E-state index contributed by atoms with van der Waals surface area (Å²) < 4.78 is 5.12. The molecule has 0 aromatic heterocycles. The van der Waals surface area contributed by atoms with Crippen molar-refractivity contribution in [2.45, 2.75) is 26.7 Å². The highest BCUT2D eigenvalue weighted by atomic mass is 16.5. The first-order valence-corrected chi connectivity index (χ1v) is 7.33. The van der Waals surface area contributed by atoms with Crippen molar-refractivity contribution in [3.8, 4) is 5.75 Å². The molecule has 0 aliphatic rings. The summed E-state index contributed by atoms with van der Waals surface area (Å²) in [6, 6.07) is 15.6. The van der Waals surface area contributed by atoms with Crippen LogP contribution in [0.1, 0.15) is 35.3 Å². The Balaban J connectivity index is 2.02. The Morgan fingerprint density at radius 2 is 1.52 bits per heavy atom. The summed E-state index contributed by atoms with van der Waals surface area (Å²) in [5.74, 6) is 1.59. The van der Waals surface area contributed by atoms with Crippen LogP contribution in [0.5, 0.6) is 5.75 Å². The van der Waals surface area contributed by atoms with E-state index in [1.807, 2.05) is 36.4 Å². The standard InChI is InChI=1S/C19H22O2/c1-14(2)12-15-4-8-17(9-5-15)19(20)13-16-6-10-18(21-3)11-7-16/h4-11,14H,12-13H2,1-3H3. The number of benzene rings is 2. The van der Waals surface area contributed by atoms with E-state index in [0.717, 1.165) is 23.3 Å². The van der Waals surface area contributed by atoms with Crippen LogP contribution in [-0.2, 0) is 12.8 Å². The molecular formula is C19H22O2. The van der Waals surface area contributed by atoms with Crippen LogP contribution in [-0.4, -0.2) is 12.9 Å². The Morgan fingerprint density at radius 3 is 2.05 bits per heavy atom. The zero-order chi connectivity index (χ0) is 15.2. The zero-order valence-corrected chi connectivity index (χ0v) is 12.9. The maximum atomic E-state index is 12.3. The molecule has 2 rings (SSSR count). The molecule has 0 unspecified atom stereocenters. The summed E-state index contributed by atoms with van der Waals surface area (Å²) in [6.07, 6.45) is 1.47. The van der Waals surface area contributed by atoms with E-state index < -0.39 is 0 Å². The van der Waals surface area contributed by atoms with Gasteiger partial charge in [0.25, 0.3) is 0 Å². The van der Waals surface area contributed by atoms with Crippen molar-refractivity contribution in [2.75, 3.05) is 7.11 Å². The number of ether oxygens (including phenoxy) is 1. The summed E-state index contributed by atoms with van der Waals surface area (Å²) in [5.41, 5.74) is 3.07. The van der Waals surface area contributed by atoms with E-state index in [4.69, 9.17) is 4.74 Å². The summed E-state index contributed by atoms with van der Waals surface area (Å²) in [4.78, 5) is 12.3. The van der Waals surface area contributed by atoms with Crippen molar-refractivity contribution in [3.05, 3.63) is 65.2 Å². The fourth-order valence-electron chi connectivity index (χ4n) is 2.33. The largest absolute Gasteiger partial charge is 0.497 e. The van der Waals surface area contributed by atoms with Crippen LogP contribution in [0.3, 0.4) is 0 Å². The molecule has 2 aromatic rings. The fraction of sp³-hybridized carbons (Fsp3) is 0.316. The average molecular weight is 282 g/mol. The molecule has 2 nitrogen and oxygen atoms in total. The highest BCUT2D eigenvalue weighted by molar-refractivity contribution is 5.97. The van der Waals surface area contributed by atoms with Crippen LogP contribution in [0.4, 0.5) is 0 Å². The minimum absolute atomic E-state index is 0.149. The fourth-order valence-corrected chi connectivity index (χ4v) is 2.33. The SMILES string of the molecule is COc1ccc(CC(=O)c2ccc(CC(C)C)cc2)cc1. The van der Waals surface area contributed by atoms with E-state index in [9.17, 15) is 4.79 Å². The van der Waals surface area contributed by atoms with Crippen molar-refractivity contribution in [2.24, 2.45) is 5.92 Å². The van der Waals surface area contributed by atoms with Gasteiger partial charge < -0.3 is 4.74 Å². The molecule has 0 spiro atoms. The molecule has 0 fully saturated rings. The Bertz CT molecular complexity index is 580. The molecule has 0 N–H and O–H groups in total. The van der Waals surface area contributed by atoms with Gasteiger partial charge in [0.2, 0.25) is 0 Å². The van der Waals surface area contributed by atoms with E-state index >= 15 is 0 Å². The first-order chi connectivity index (χ1) is 10.1. The van der Waals surface area contributed by atoms with Gasteiger partial charge in [-0.3, -0.25) is 4.79 Å². The summed E-state index contributed by atoms with van der Waals surface area (Å²) >= 11 is 0. The molecule has 110 valence electrons. The zero-order valence-electron chi connectivity index (χ0n) is 12.9. The second-order valence-corrected chi connectivity index (χ2v) is 5.74. The van der Waals surface area contributed by atoms with E-state index in [1.165, 1.54) is 5.56 Å². The number of carbonyl (C=O) groups is 1. The normalized spacial score (nSPS) is 10.7. The maximum absolute atomic E-state index is 12.3. The minimum Gasteiger partial charge on any atom is -0.497 e. The third kappa shape index (κ3) is 4.45. The van der Waals surface area contributed by atoms with Gasteiger partial charge in [-0.05, 0) is 35.6 Å². The van der Waals surface area contributed by atoms with E-state index in [1.54, 1.807) is 7.11 Å². The van der Waals surface area contributed by atoms with Crippen LogP contribution < -0.4 is 4.74 Å². The van der Waals surface area contributed by atoms with Gasteiger partial charge in [-0.2, -0.15) is 0 Å². The highest BCUT2D eigenvalue weighted by Crippen LogP contribution is 2.15. The van der Waals surface area contributed by atoms with Crippen molar-refractivity contribution in [1.82, 2.24) is 0 Å². The van der Waals surface area contributed by atoms with Crippen LogP contribution in [0.15, 0.2) is 48.5 Å². The first-order valence-electron chi connectivity index (χ1n) is 7.33. The number of carbonyl (C=O) groups excluding carboxylic acids is 1. The Labute approximate surface area is 126 Å². The van der Waals surface area contributed by atoms with Crippen molar-refractivity contribution < 1.29 is 9.53 Å². The van der Waals surface area contributed by atoms with Gasteiger partial charge in [0.1, 0.15) is 5.75 Å². The van der Waals surface area contributed by atoms with E-state index in [-0.39, 0.29) is 5.78 Å². The van der Waals surface area contributed by atoms with Gasteiger partial charge >= 0.3 is 0 Å². The van der Waals surface area contributed by atoms with Gasteiger partial charge in [-0.25, -0.2) is 0 Å². The van der Waals surface area contributed by atoms with Crippen LogP contribution in [0, 0.1) is 5.92 Å². The second-order valence-electron chi connectivity index (χ2n) is 5.74. The van der Waals surface area contributed by atoms with Gasteiger partial charge in [0.05, 0.1) is 7.11 Å². The number of methoxy groups -OCH3 is 1. The lowest BCUT2D eigenvalue weighted by Gasteiger charge is -2.07. The maximum Gasteiger partial charge on any atom is 0.167 e. The number of hydrogen-bond donors (Lipinski definition) is 0. The van der Waals surface area contributed by atoms with Crippen LogP contribution in [0.2, 0.25) is 0 Å². The Hall–Kier alpha value is -2.09. The molecule has 0 saturated heterocycles. The molecule has 0 saturated carbocycles.